The summed E-state index contributed by atoms with van der Waals surface area (Å²) < 4.78 is 7.80. The van der Waals surface area contributed by atoms with Crippen molar-refractivity contribution < 1.29 is 9.21 Å². The van der Waals surface area contributed by atoms with Crippen molar-refractivity contribution >= 4 is 5.91 Å². The smallest absolute Gasteiger partial charge is 0.309 e. The summed E-state index contributed by atoms with van der Waals surface area (Å²) in [4.78, 5) is 21.7. The molecule has 4 rings (SSSR count). The number of hydrogen-bond donors (Lipinski definition) is 0. The Morgan fingerprint density at radius 2 is 2.04 bits per heavy atom. The van der Waals surface area contributed by atoms with Crippen LogP contribution in [0.25, 0.3) is 0 Å². The molecule has 0 radical (unpaired) electrons. The minimum Gasteiger partial charge on any atom is -0.437 e. The third-order valence-electron chi connectivity index (χ3n) is 5.63. The van der Waals surface area contributed by atoms with Gasteiger partial charge in [-0.2, -0.15) is 5.10 Å². The summed E-state index contributed by atoms with van der Waals surface area (Å²) in [7, 11) is 1.98. The molecule has 2 aliphatic rings. The Balaban J connectivity index is 1.45. The van der Waals surface area contributed by atoms with Gasteiger partial charge in [0.25, 0.3) is 5.89 Å². The average molecular weight is 371 g/mol. The first kappa shape index (κ1) is 18.2. The van der Waals surface area contributed by atoms with Gasteiger partial charge in [-0.15, -0.1) is 0 Å². The molecule has 0 aliphatic carbocycles. The van der Waals surface area contributed by atoms with Crippen LogP contribution in [0.4, 0.5) is 0 Å². The molecule has 0 bridgehead atoms. The van der Waals surface area contributed by atoms with E-state index in [0.29, 0.717) is 18.4 Å². The van der Waals surface area contributed by atoms with Crippen molar-refractivity contribution in [2.45, 2.75) is 46.7 Å². The van der Waals surface area contributed by atoms with Crippen LogP contribution in [0.3, 0.4) is 0 Å². The molecule has 27 heavy (non-hydrogen) atoms. The molecule has 7 heteroatoms. The molecular weight excluding hydrogens is 342 g/mol. The molecule has 0 aromatic carbocycles. The van der Waals surface area contributed by atoms with Gasteiger partial charge in [0.15, 0.2) is 0 Å². The summed E-state index contributed by atoms with van der Waals surface area (Å²) in [5.41, 5.74) is 3.12. The number of amides is 1. The van der Waals surface area contributed by atoms with Gasteiger partial charge in [-0.3, -0.25) is 14.4 Å². The first-order valence-corrected chi connectivity index (χ1v) is 9.88. The van der Waals surface area contributed by atoms with E-state index in [1.165, 1.54) is 12.1 Å². The van der Waals surface area contributed by atoms with Gasteiger partial charge in [-0.25, -0.2) is 4.98 Å². The van der Waals surface area contributed by atoms with Crippen LogP contribution in [0.5, 0.6) is 0 Å². The normalized spacial score (nSPS) is 23.5. The summed E-state index contributed by atoms with van der Waals surface area (Å²) in [6.07, 6.45) is 1.97. The Morgan fingerprint density at radius 3 is 2.70 bits per heavy atom. The number of rotatable bonds is 3. The molecule has 4 heterocycles. The third-order valence-corrected chi connectivity index (χ3v) is 5.63. The maximum Gasteiger partial charge on any atom is 0.309 e. The van der Waals surface area contributed by atoms with Gasteiger partial charge in [0.1, 0.15) is 5.76 Å². The van der Waals surface area contributed by atoms with Crippen LogP contribution < -0.4 is 0 Å². The fraction of sp³-hybridized carbons (Fsp3) is 0.650. The minimum atomic E-state index is -0.0587. The van der Waals surface area contributed by atoms with Crippen molar-refractivity contribution in [1.82, 2.24) is 24.6 Å². The number of aryl methyl sites for hydroxylation is 2. The van der Waals surface area contributed by atoms with E-state index >= 15 is 0 Å². The second-order valence-electron chi connectivity index (χ2n) is 8.41. The lowest BCUT2D eigenvalue weighted by atomic mass is 9.92. The third kappa shape index (κ3) is 3.78. The second kappa shape index (κ2) is 7.11. The summed E-state index contributed by atoms with van der Waals surface area (Å²) in [5.74, 6) is 2.13. The summed E-state index contributed by atoms with van der Waals surface area (Å²) in [5, 5.41) is 4.42. The highest BCUT2D eigenvalue weighted by Gasteiger charge is 2.31. The molecule has 1 fully saturated rings. The van der Waals surface area contributed by atoms with Gasteiger partial charge in [-0.1, -0.05) is 13.8 Å². The molecule has 0 spiro atoms. The average Bonchev–Trinajstić information content (AvgIpc) is 3.15. The molecule has 0 N–H and O–H groups in total. The number of likely N-dealkylation sites (tertiary alicyclic amines) is 1. The molecular formula is C20H29N5O2. The van der Waals surface area contributed by atoms with Crippen LogP contribution in [-0.4, -0.2) is 50.1 Å². The number of piperidine rings is 1. The summed E-state index contributed by atoms with van der Waals surface area (Å²) in [6, 6.07) is 2.12. The molecule has 7 nitrogen and oxygen atoms in total. The number of oxazole rings is 1. The minimum absolute atomic E-state index is 0.0587. The molecule has 2 aliphatic heterocycles. The molecule has 1 saturated heterocycles. The van der Waals surface area contributed by atoms with Crippen LogP contribution >= 0.6 is 0 Å². The van der Waals surface area contributed by atoms with E-state index in [-0.39, 0.29) is 11.8 Å². The van der Waals surface area contributed by atoms with Gasteiger partial charge < -0.3 is 9.32 Å². The first-order chi connectivity index (χ1) is 12.9. The Labute approximate surface area is 160 Å². The Kier molecular flexibility index (Phi) is 4.80. The topological polar surface area (TPSA) is 67.4 Å². The fourth-order valence-electron chi connectivity index (χ4n) is 4.48. The molecule has 2 aromatic rings. The summed E-state index contributed by atoms with van der Waals surface area (Å²) in [6.45, 7) is 10.4. The maximum absolute atomic E-state index is 12.9. The van der Waals surface area contributed by atoms with Crippen molar-refractivity contribution in [3.8, 4) is 0 Å². The van der Waals surface area contributed by atoms with E-state index in [2.05, 4.69) is 34.9 Å². The molecule has 1 amide bonds. The highest BCUT2D eigenvalue weighted by atomic mass is 16.4. The monoisotopic (exact) mass is 371 g/mol. The molecule has 2 atom stereocenters. The number of nitrogens with zero attached hydrogens (tertiary/aromatic N) is 5. The van der Waals surface area contributed by atoms with E-state index in [9.17, 15) is 4.79 Å². The molecule has 146 valence electrons. The van der Waals surface area contributed by atoms with Crippen molar-refractivity contribution in [1.29, 1.82) is 0 Å². The van der Waals surface area contributed by atoms with Gasteiger partial charge in [-0.05, 0) is 31.2 Å². The van der Waals surface area contributed by atoms with Crippen molar-refractivity contribution in [2.75, 3.05) is 19.6 Å². The number of hydrogen-bond acceptors (Lipinski definition) is 5. The van der Waals surface area contributed by atoms with E-state index < -0.39 is 0 Å². The van der Waals surface area contributed by atoms with E-state index in [0.717, 1.165) is 49.7 Å². The summed E-state index contributed by atoms with van der Waals surface area (Å²) >= 11 is 0. The van der Waals surface area contributed by atoms with Gasteiger partial charge in [0, 0.05) is 46.2 Å². The number of aromatic nitrogens is 3. The maximum atomic E-state index is 12.9. The predicted octanol–water partition coefficient (Wildman–Crippen LogP) is 2.39. The lowest BCUT2D eigenvalue weighted by Crippen LogP contribution is -2.42. The number of fused-ring (bicyclic) bond motifs is 1. The first-order valence-electron chi connectivity index (χ1n) is 9.88. The number of carbonyl (C=O) groups excluding carboxylic acids is 1. The van der Waals surface area contributed by atoms with Gasteiger partial charge in [0.05, 0.1) is 17.1 Å². The van der Waals surface area contributed by atoms with Crippen LogP contribution in [-0.2, 0) is 26.6 Å². The lowest BCUT2D eigenvalue weighted by Gasteiger charge is -2.34. The highest BCUT2D eigenvalue weighted by molar-refractivity contribution is 5.89. The van der Waals surface area contributed by atoms with Crippen LogP contribution in [0.1, 0.15) is 53.8 Å². The van der Waals surface area contributed by atoms with Crippen LogP contribution in [0.2, 0.25) is 0 Å². The highest BCUT2D eigenvalue weighted by Crippen LogP contribution is 2.25. The second-order valence-corrected chi connectivity index (χ2v) is 8.41. The zero-order valence-electron chi connectivity index (χ0n) is 16.7. The Hall–Kier alpha value is -2.15. The van der Waals surface area contributed by atoms with E-state index in [1.807, 2.05) is 23.6 Å². The Morgan fingerprint density at radius 1 is 1.30 bits per heavy atom. The largest absolute Gasteiger partial charge is 0.437 e. The van der Waals surface area contributed by atoms with Gasteiger partial charge >= 0.3 is 5.91 Å². The Bertz CT molecular complexity index is 830. The molecule has 2 aromatic heterocycles. The quantitative estimate of drug-likeness (QED) is 0.829. The van der Waals surface area contributed by atoms with Gasteiger partial charge in [0.2, 0.25) is 0 Å². The predicted molar refractivity (Wildman–Crippen MR) is 101 cm³/mol. The zero-order chi connectivity index (χ0) is 19.1. The lowest BCUT2D eigenvalue weighted by molar-refractivity contribution is 0.0581. The van der Waals surface area contributed by atoms with Crippen molar-refractivity contribution in [2.24, 2.45) is 18.9 Å². The molecule has 2 unspecified atom stereocenters. The van der Waals surface area contributed by atoms with E-state index in [4.69, 9.17) is 4.42 Å². The fourth-order valence-corrected chi connectivity index (χ4v) is 4.48. The van der Waals surface area contributed by atoms with E-state index in [1.54, 1.807) is 0 Å². The van der Waals surface area contributed by atoms with Crippen LogP contribution in [0.15, 0.2) is 10.5 Å². The zero-order valence-corrected chi connectivity index (χ0v) is 16.7. The standard InChI is InChI=1S/C20H29N5O2/c1-13-7-14(2)10-25(9-13)20(26)19-21-17-12-24(6-5-18(17)27-19)11-16-8-15(3)22-23(16)4/h8,13-14H,5-7,9-12H2,1-4H3. The van der Waals surface area contributed by atoms with Crippen molar-refractivity contribution in [3.63, 3.8) is 0 Å². The molecule has 0 saturated carbocycles. The van der Waals surface area contributed by atoms with Crippen molar-refractivity contribution in [3.05, 3.63) is 34.8 Å². The van der Waals surface area contributed by atoms with Crippen LogP contribution in [0, 0.1) is 18.8 Å². The SMILES string of the molecule is Cc1cc(CN2CCc3oc(C(=O)N4CC(C)CC(C)C4)nc3C2)n(C)n1. The number of carbonyl (C=O) groups is 1.